The smallest absolute Gasteiger partial charge is 0.267 e. The van der Waals surface area contributed by atoms with Crippen molar-refractivity contribution < 1.29 is 27.4 Å². The van der Waals surface area contributed by atoms with E-state index in [-0.39, 0.29) is 11.8 Å². The van der Waals surface area contributed by atoms with Crippen molar-refractivity contribution in [3.8, 4) is 0 Å². The van der Waals surface area contributed by atoms with E-state index in [4.69, 9.17) is 4.55 Å². The van der Waals surface area contributed by atoms with Gasteiger partial charge in [-0.2, -0.15) is 8.42 Å². The van der Waals surface area contributed by atoms with Crippen LogP contribution in [0.2, 0.25) is 0 Å². The zero-order chi connectivity index (χ0) is 20.1. The Balaban J connectivity index is 0. The van der Waals surface area contributed by atoms with Gasteiger partial charge in [0.2, 0.25) is 17.7 Å². The minimum Gasteiger partial charge on any atom is -0.351 e. The third-order valence-electron chi connectivity index (χ3n) is 2.28. The highest BCUT2D eigenvalue weighted by Gasteiger charge is 2.25. The van der Waals surface area contributed by atoms with Gasteiger partial charge in [0, 0.05) is 13.1 Å². The zero-order valence-corrected chi connectivity index (χ0v) is 15.2. The Morgan fingerprint density at radius 2 is 1.28 bits per heavy atom. The first-order chi connectivity index (χ1) is 11.4. The van der Waals surface area contributed by atoms with Crippen molar-refractivity contribution >= 4 is 27.8 Å². The van der Waals surface area contributed by atoms with Gasteiger partial charge in [0.15, 0.2) is 0 Å². The van der Waals surface area contributed by atoms with Gasteiger partial charge in [-0.15, -0.1) is 0 Å². The summed E-state index contributed by atoms with van der Waals surface area (Å²) in [6, 6.07) is 0. The maximum atomic E-state index is 10.8. The Morgan fingerprint density at radius 3 is 1.56 bits per heavy atom. The minimum atomic E-state index is -4.08. The van der Waals surface area contributed by atoms with Gasteiger partial charge in [-0.05, 0) is 32.1 Å². The Morgan fingerprint density at radius 1 is 0.920 bits per heavy atom. The molecule has 0 aromatic heterocycles. The monoisotopic (exact) mass is 375 g/mol. The molecule has 0 rings (SSSR count). The van der Waals surface area contributed by atoms with Crippen LogP contribution in [0.3, 0.4) is 0 Å². The molecular formula is C15H25N3O6S. The van der Waals surface area contributed by atoms with Crippen molar-refractivity contribution in [2.24, 2.45) is 0 Å². The van der Waals surface area contributed by atoms with Gasteiger partial charge >= 0.3 is 0 Å². The van der Waals surface area contributed by atoms with Gasteiger partial charge in [-0.1, -0.05) is 19.7 Å². The molecule has 0 atom stereocenters. The van der Waals surface area contributed by atoms with Crippen molar-refractivity contribution in [1.29, 1.82) is 0 Å². The van der Waals surface area contributed by atoms with Crippen LogP contribution in [0.15, 0.2) is 38.0 Å². The van der Waals surface area contributed by atoms with Crippen molar-refractivity contribution in [1.82, 2.24) is 16.0 Å². The summed E-state index contributed by atoms with van der Waals surface area (Å²) in [5.74, 6) is -1.50. The van der Waals surface area contributed by atoms with Crippen LogP contribution < -0.4 is 16.0 Å². The lowest BCUT2D eigenvalue weighted by Gasteiger charge is -2.23. The second-order valence-electron chi connectivity index (χ2n) is 5.29. The molecule has 25 heavy (non-hydrogen) atoms. The fourth-order valence-corrected chi connectivity index (χ4v) is 2.38. The number of nitrogens with one attached hydrogen (secondary N) is 3. The third-order valence-corrected chi connectivity index (χ3v) is 3.37. The second kappa shape index (κ2) is 12.0. The number of amides is 3. The lowest BCUT2D eigenvalue weighted by Crippen LogP contribution is -2.47. The molecule has 142 valence electrons. The summed E-state index contributed by atoms with van der Waals surface area (Å²) in [7, 11) is -4.08. The predicted molar refractivity (Wildman–Crippen MR) is 95.2 cm³/mol. The average Bonchev–Trinajstić information content (AvgIpc) is 2.48. The first kappa shape index (κ1) is 24.8. The lowest BCUT2D eigenvalue weighted by molar-refractivity contribution is -0.118. The Kier molecular flexibility index (Phi) is 11.9. The van der Waals surface area contributed by atoms with Crippen LogP contribution in [0.4, 0.5) is 0 Å². The Hall–Kier alpha value is -2.46. The lowest BCUT2D eigenvalue weighted by atomic mass is 10.1. The van der Waals surface area contributed by atoms with E-state index in [9.17, 15) is 22.8 Å². The first-order valence-corrected chi connectivity index (χ1v) is 8.68. The van der Waals surface area contributed by atoms with E-state index in [2.05, 4.69) is 35.7 Å². The van der Waals surface area contributed by atoms with Gasteiger partial charge in [0.25, 0.3) is 10.1 Å². The largest absolute Gasteiger partial charge is 0.351 e. The van der Waals surface area contributed by atoms with E-state index in [1.807, 2.05) is 0 Å². The number of hydrogen-bond acceptors (Lipinski definition) is 5. The summed E-state index contributed by atoms with van der Waals surface area (Å²) in [4.78, 5) is 31.9. The predicted octanol–water partition coefficient (Wildman–Crippen LogP) is -0.454. The van der Waals surface area contributed by atoms with E-state index in [0.29, 0.717) is 13.1 Å². The molecule has 0 bridgehead atoms. The maximum absolute atomic E-state index is 10.8. The Labute approximate surface area is 148 Å². The first-order valence-electron chi connectivity index (χ1n) is 7.07. The van der Waals surface area contributed by atoms with E-state index >= 15 is 0 Å². The number of rotatable bonds is 9. The van der Waals surface area contributed by atoms with E-state index < -0.39 is 27.3 Å². The number of carbonyl (C=O) groups excluding carboxylic acids is 3. The molecule has 9 nitrogen and oxygen atoms in total. The molecule has 0 spiro atoms. The highest BCUT2D eigenvalue weighted by Crippen LogP contribution is 2.05. The molecule has 0 saturated carbocycles. The summed E-state index contributed by atoms with van der Waals surface area (Å²) in [5, 5.41) is 7.38. The van der Waals surface area contributed by atoms with Crippen LogP contribution in [0.1, 0.15) is 13.8 Å². The molecule has 0 aliphatic heterocycles. The molecule has 0 fully saturated rings. The van der Waals surface area contributed by atoms with Crippen LogP contribution in [0, 0.1) is 0 Å². The fourth-order valence-electron chi connectivity index (χ4n) is 1.39. The molecular weight excluding hydrogens is 350 g/mol. The van der Waals surface area contributed by atoms with Crippen molar-refractivity contribution in [3.05, 3.63) is 38.0 Å². The summed E-state index contributed by atoms with van der Waals surface area (Å²) in [6.07, 6.45) is 3.39. The average molecular weight is 375 g/mol. The van der Waals surface area contributed by atoms with E-state index in [1.54, 1.807) is 0 Å². The molecule has 10 heteroatoms. The van der Waals surface area contributed by atoms with Crippen molar-refractivity contribution in [3.63, 3.8) is 0 Å². The van der Waals surface area contributed by atoms with E-state index in [0.717, 1.165) is 6.08 Å². The topological polar surface area (TPSA) is 142 Å². The van der Waals surface area contributed by atoms with Crippen molar-refractivity contribution in [2.45, 2.75) is 19.4 Å². The van der Waals surface area contributed by atoms with Crippen LogP contribution in [0.5, 0.6) is 0 Å². The summed E-state index contributed by atoms with van der Waals surface area (Å²) in [6.45, 7) is 13.5. The third kappa shape index (κ3) is 17.7. The van der Waals surface area contributed by atoms with Gasteiger partial charge in [-0.25, -0.2) is 0 Å². The molecule has 4 N–H and O–H groups in total. The van der Waals surface area contributed by atoms with Gasteiger partial charge in [-0.3, -0.25) is 18.9 Å². The molecule has 0 aromatic rings. The maximum Gasteiger partial charge on any atom is 0.267 e. The Bertz CT molecular complexity index is 589. The standard InChI is InChI=1S/C8H12N2O2.C7H13NO4S/c1-3-7(11)9-5-6-10-8(12)4-2;1-4-6(9)8-7(2,3)5-13(10,11)12/h3-4H,1-2,5-6H2,(H,9,11)(H,10,12);4H,1,5H2,2-3H3,(H,8,9)(H,10,11,12). The summed E-state index contributed by atoms with van der Waals surface area (Å²) < 4.78 is 29.5. The molecule has 3 amide bonds. The molecule has 0 radical (unpaired) electrons. The highest BCUT2D eigenvalue weighted by molar-refractivity contribution is 7.85. The fraction of sp³-hybridized carbons (Fsp3) is 0.400. The van der Waals surface area contributed by atoms with Gasteiger partial charge in [0.1, 0.15) is 0 Å². The highest BCUT2D eigenvalue weighted by atomic mass is 32.2. The minimum absolute atomic E-state index is 0.247. The molecule has 0 aliphatic rings. The number of hydrogen-bond donors (Lipinski definition) is 4. The van der Waals surface area contributed by atoms with Crippen molar-refractivity contribution in [2.75, 3.05) is 18.8 Å². The van der Waals surface area contributed by atoms with Crippen LogP contribution in [-0.4, -0.2) is 55.1 Å². The quantitative estimate of drug-likeness (QED) is 0.244. The van der Waals surface area contributed by atoms with Gasteiger partial charge in [0.05, 0.1) is 11.3 Å². The molecule has 0 aromatic carbocycles. The summed E-state index contributed by atoms with van der Waals surface area (Å²) in [5.41, 5.74) is -1.00. The van der Waals surface area contributed by atoms with Crippen LogP contribution in [0.25, 0.3) is 0 Å². The normalized spacial score (nSPS) is 10.4. The zero-order valence-electron chi connectivity index (χ0n) is 14.4. The van der Waals surface area contributed by atoms with Gasteiger partial charge < -0.3 is 16.0 Å². The molecule has 0 unspecified atom stereocenters. The molecule has 0 aliphatic carbocycles. The van der Waals surface area contributed by atoms with Crippen LogP contribution in [-0.2, 0) is 24.5 Å². The second-order valence-corrected chi connectivity index (χ2v) is 6.75. The molecule has 0 saturated heterocycles. The van der Waals surface area contributed by atoms with Crippen LogP contribution >= 0.6 is 0 Å². The number of carbonyl (C=O) groups is 3. The summed E-state index contributed by atoms with van der Waals surface area (Å²) >= 11 is 0. The molecule has 0 heterocycles. The van der Waals surface area contributed by atoms with E-state index in [1.165, 1.54) is 26.0 Å². The SMILES string of the molecule is C=CC(=O)NC(C)(C)CS(=O)(=O)O.C=CC(=O)NCCNC(=O)C=C.